The molecule has 0 spiro atoms. The van der Waals surface area contributed by atoms with Crippen LogP contribution in [0.1, 0.15) is 42.0 Å². The number of aromatic nitrogens is 1. The Labute approximate surface area is 187 Å². The highest BCUT2D eigenvalue weighted by Gasteiger charge is 2.25. The van der Waals surface area contributed by atoms with Crippen molar-refractivity contribution in [2.45, 2.75) is 25.3 Å². The molecule has 162 valence electrons. The highest BCUT2D eigenvalue weighted by molar-refractivity contribution is 5.86. The van der Waals surface area contributed by atoms with Gasteiger partial charge in [-0.25, -0.2) is 0 Å². The number of carbonyl (C=O) groups excluding carboxylic acids is 1. The van der Waals surface area contributed by atoms with E-state index in [0.29, 0.717) is 6.42 Å². The number of hydrogen-bond donors (Lipinski definition) is 1. The fourth-order valence-corrected chi connectivity index (χ4v) is 4.50. The van der Waals surface area contributed by atoms with Gasteiger partial charge in [-0.2, -0.15) is 0 Å². The molecular formula is C27H26N2O3. The van der Waals surface area contributed by atoms with Gasteiger partial charge >= 0.3 is 0 Å². The first-order valence-electron chi connectivity index (χ1n) is 10.9. The Balaban J connectivity index is 1.49. The number of amides is 1. The summed E-state index contributed by atoms with van der Waals surface area (Å²) >= 11 is 0. The van der Waals surface area contributed by atoms with E-state index in [9.17, 15) is 4.79 Å². The highest BCUT2D eigenvalue weighted by atomic mass is 16.7. The standard InChI is InChI=1S/C27H26N2O3/c1-18(19-8-4-3-5-9-19)28-27(30)15-22(20-12-13-25-26(14-20)32-17-31-25)23-16-29(2)24-11-7-6-10-21(23)24/h3-14,16,18,22H,15,17H2,1-2H3,(H,28,30). The molecule has 0 radical (unpaired) electrons. The predicted octanol–water partition coefficient (Wildman–Crippen LogP) is 5.31. The molecule has 1 aromatic heterocycles. The van der Waals surface area contributed by atoms with E-state index in [4.69, 9.17) is 9.47 Å². The van der Waals surface area contributed by atoms with Gasteiger partial charge in [0.1, 0.15) is 0 Å². The van der Waals surface area contributed by atoms with E-state index >= 15 is 0 Å². The van der Waals surface area contributed by atoms with Crippen molar-refractivity contribution in [1.82, 2.24) is 9.88 Å². The minimum atomic E-state index is -0.112. The predicted molar refractivity (Wildman–Crippen MR) is 125 cm³/mol. The van der Waals surface area contributed by atoms with Crippen molar-refractivity contribution in [2.24, 2.45) is 7.05 Å². The molecule has 0 fully saturated rings. The SMILES string of the molecule is CC(NC(=O)CC(c1ccc2c(c1)OCO2)c1cn(C)c2ccccc12)c1ccccc1. The Kier molecular flexibility index (Phi) is 5.31. The van der Waals surface area contributed by atoms with Crippen LogP contribution in [-0.4, -0.2) is 17.3 Å². The Bertz CT molecular complexity index is 1260. The molecule has 5 nitrogen and oxygen atoms in total. The Morgan fingerprint density at radius 2 is 1.72 bits per heavy atom. The number of benzene rings is 3. The van der Waals surface area contributed by atoms with E-state index in [2.05, 4.69) is 28.2 Å². The Morgan fingerprint density at radius 3 is 2.56 bits per heavy atom. The van der Waals surface area contributed by atoms with E-state index in [1.54, 1.807) is 0 Å². The van der Waals surface area contributed by atoms with Gasteiger partial charge in [-0.15, -0.1) is 0 Å². The van der Waals surface area contributed by atoms with E-state index in [1.807, 2.05) is 74.6 Å². The molecule has 0 aliphatic carbocycles. The van der Waals surface area contributed by atoms with E-state index in [-0.39, 0.29) is 24.7 Å². The van der Waals surface area contributed by atoms with E-state index in [0.717, 1.165) is 39.1 Å². The van der Waals surface area contributed by atoms with Crippen LogP contribution in [0.25, 0.3) is 10.9 Å². The lowest BCUT2D eigenvalue weighted by Crippen LogP contribution is -2.28. The third-order valence-electron chi connectivity index (χ3n) is 6.17. The van der Waals surface area contributed by atoms with Gasteiger partial charge in [0.25, 0.3) is 0 Å². The zero-order chi connectivity index (χ0) is 22.1. The van der Waals surface area contributed by atoms with E-state index in [1.165, 1.54) is 0 Å². The molecule has 4 aromatic rings. The first-order chi connectivity index (χ1) is 15.6. The van der Waals surface area contributed by atoms with Crippen molar-refractivity contribution in [2.75, 3.05) is 6.79 Å². The maximum absolute atomic E-state index is 13.2. The molecule has 2 unspecified atom stereocenters. The second kappa shape index (κ2) is 8.42. The molecule has 1 aliphatic rings. The maximum Gasteiger partial charge on any atom is 0.231 e. The Hall–Kier alpha value is -3.73. The van der Waals surface area contributed by atoms with Gasteiger partial charge in [-0.1, -0.05) is 54.6 Å². The van der Waals surface area contributed by atoms with Crippen molar-refractivity contribution in [1.29, 1.82) is 0 Å². The molecule has 2 atom stereocenters. The number of hydrogen-bond acceptors (Lipinski definition) is 3. The average Bonchev–Trinajstić information content (AvgIpc) is 3.42. The summed E-state index contributed by atoms with van der Waals surface area (Å²) in [7, 11) is 2.04. The van der Waals surface area contributed by atoms with Crippen LogP contribution < -0.4 is 14.8 Å². The minimum absolute atomic E-state index is 0.0111. The molecule has 0 saturated carbocycles. The van der Waals surface area contributed by atoms with Crippen molar-refractivity contribution < 1.29 is 14.3 Å². The topological polar surface area (TPSA) is 52.5 Å². The number of fused-ring (bicyclic) bond motifs is 2. The zero-order valence-electron chi connectivity index (χ0n) is 18.2. The lowest BCUT2D eigenvalue weighted by molar-refractivity contribution is -0.121. The molecule has 5 heteroatoms. The fourth-order valence-electron chi connectivity index (χ4n) is 4.50. The summed E-state index contributed by atoms with van der Waals surface area (Å²) in [6.07, 6.45) is 2.47. The van der Waals surface area contributed by atoms with Crippen LogP contribution >= 0.6 is 0 Å². The van der Waals surface area contributed by atoms with Crippen LogP contribution in [0.5, 0.6) is 11.5 Å². The number of rotatable bonds is 6. The fraction of sp³-hybridized carbons (Fsp3) is 0.222. The van der Waals surface area contributed by atoms with E-state index < -0.39 is 0 Å². The number of nitrogens with zero attached hydrogens (tertiary/aromatic N) is 1. The molecule has 1 aliphatic heterocycles. The molecule has 0 bridgehead atoms. The third-order valence-corrected chi connectivity index (χ3v) is 6.17. The lowest BCUT2D eigenvalue weighted by atomic mass is 9.87. The lowest BCUT2D eigenvalue weighted by Gasteiger charge is -2.20. The van der Waals surface area contributed by atoms with Gasteiger partial charge in [0.05, 0.1) is 6.04 Å². The average molecular weight is 427 g/mol. The first-order valence-corrected chi connectivity index (χ1v) is 10.9. The van der Waals surface area contributed by atoms with Gasteiger partial charge in [0.15, 0.2) is 11.5 Å². The summed E-state index contributed by atoms with van der Waals surface area (Å²) in [6, 6.07) is 24.2. The van der Waals surface area contributed by atoms with Crippen LogP contribution in [0, 0.1) is 0 Å². The summed E-state index contributed by atoms with van der Waals surface area (Å²) in [5.74, 6) is 1.37. The molecule has 5 rings (SSSR count). The maximum atomic E-state index is 13.2. The van der Waals surface area contributed by atoms with Crippen LogP contribution in [-0.2, 0) is 11.8 Å². The zero-order valence-corrected chi connectivity index (χ0v) is 18.2. The van der Waals surface area contributed by atoms with Crippen molar-refractivity contribution in [3.8, 4) is 11.5 Å². The third kappa shape index (κ3) is 3.82. The van der Waals surface area contributed by atoms with Crippen LogP contribution in [0.2, 0.25) is 0 Å². The number of aryl methyl sites for hydroxylation is 1. The quantitative estimate of drug-likeness (QED) is 0.455. The van der Waals surface area contributed by atoms with Gasteiger partial charge in [-0.3, -0.25) is 4.79 Å². The largest absolute Gasteiger partial charge is 0.454 e. The molecule has 32 heavy (non-hydrogen) atoms. The van der Waals surface area contributed by atoms with Crippen LogP contribution in [0.4, 0.5) is 0 Å². The molecule has 2 heterocycles. The molecule has 1 N–H and O–H groups in total. The van der Waals surface area contributed by atoms with Gasteiger partial charge in [-0.05, 0) is 41.8 Å². The second-order valence-corrected chi connectivity index (χ2v) is 8.28. The summed E-state index contributed by atoms with van der Waals surface area (Å²) in [5.41, 5.74) is 4.40. The van der Waals surface area contributed by atoms with Crippen LogP contribution in [0.3, 0.4) is 0 Å². The summed E-state index contributed by atoms with van der Waals surface area (Å²) in [5, 5.41) is 4.33. The van der Waals surface area contributed by atoms with Crippen molar-refractivity contribution >= 4 is 16.8 Å². The number of ether oxygens (including phenoxy) is 2. The monoisotopic (exact) mass is 426 g/mol. The van der Waals surface area contributed by atoms with Crippen LogP contribution in [0.15, 0.2) is 79.0 Å². The number of carbonyl (C=O) groups is 1. The molecular weight excluding hydrogens is 400 g/mol. The first kappa shape index (κ1) is 20.2. The summed E-state index contributed by atoms with van der Waals surface area (Å²) in [4.78, 5) is 13.2. The smallest absolute Gasteiger partial charge is 0.231 e. The molecule has 0 saturated heterocycles. The number of nitrogens with one attached hydrogen (secondary N) is 1. The second-order valence-electron chi connectivity index (χ2n) is 8.28. The van der Waals surface area contributed by atoms with Crippen molar-refractivity contribution in [3.63, 3.8) is 0 Å². The van der Waals surface area contributed by atoms with Gasteiger partial charge in [0.2, 0.25) is 12.7 Å². The number of para-hydroxylation sites is 1. The molecule has 1 amide bonds. The van der Waals surface area contributed by atoms with Gasteiger partial charge in [0, 0.05) is 36.5 Å². The summed E-state index contributed by atoms with van der Waals surface area (Å²) in [6.45, 7) is 2.24. The van der Waals surface area contributed by atoms with Gasteiger partial charge < -0.3 is 19.4 Å². The van der Waals surface area contributed by atoms with Crippen molar-refractivity contribution in [3.05, 3.63) is 95.7 Å². The highest BCUT2D eigenvalue weighted by Crippen LogP contribution is 2.40. The normalized spacial score (nSPS) is 14.3. The summed E-state index contributed by atoms with van der Waals surface area (Å²) < 4.78 is 13.2. The minimum Gasteiger partial charge on any atom is -0.454 e. The Morgan fingerprint density at radius 1 is 0.969 bits per heavy atom. The molecule has 3 aromatic carbocycles.